The van der Waals surface area contributed by atoms with Gasteiger partial charge in [-0.15, -0.1) is 0 Å². The van der Waals surface area contributed by atoms with Crippen molar-refractivity contribution in [2.45, 2.75) is 25.8 Å². The van der Waals surface area contributed by atoms with Crippen molar-refractivity contribution < 1.29 is 9.64 Å². The molecule has 4 nitrogen and oxygen atoms in total. The number of hydrogen-bond donors (Lipinski definition) is 3. The van der Waals surface area contributed by atoms with E-state index in [4.69, 9.17) is 17.0 Å². The molecule has 0 bridgehead atoms. The van der Waals surface area contributed by atoms with Crippen LogP contribution in [-0.2, 0) is 0 Å². The number of likely N-dealkylation sites (tertiary alicyclic amines) is 1. The topological polar surface area (TPSA) is 37.7 Å². The molecule has 1 aliphatic rings. The first-order valence-corrected chi connectivity index (χ1v) is 9.66. The molecule has 3 N–H and O–H groups in total. The third-order valence-electron chi connectivity index (χ3n) is 5.03. The Balaban J connectivity index is 1.63. The van der Waals surface area contributed by atoms with Crippen molar-refractivity contribution in [1.82, 2.24) is 5.32 Å². The summed E-state index contributed by atoms with van der Waals surface area (Å²) in [5.74, 6) is 0.897. The first-order valence-electron chi connectivity index (χ1n) is 9.26. The number of quaternary nitrogens is 1. The maximum absolute atomic E-state index is 5.50. The van der Waals surface area contributed by atoms with Gasteiger partial charge in [0, 0.05) is 24.1 Å². The molecule has 0 saturated carbocycles. The van der Waals surface area contributed by atoms with E-state index in [0.29, 0.717) is 11.2 Å². The molecular weight excluding hydrogens is 342 g/mol. The summed E-state index contributed by atoms with van der Waals surface area (Å²) in [5.41, 5.74) is 3.59. The van der Waals surface area contributed by atoms with Gasteiger partial charge in [-0.3, -0.25) is 0 Å². The number of thiocarbonyl (C=S) groups is 1. The lowest BCUT2D eigenvalue weighted by molar-refractivity contribution is -0.918. The highest BCUT2D eigenvalue weighted by Gasteiger charge is 2.27. The average Bonchev–Trinajstić information content (AvgIpc) is 3.19. The van der Waals surface area contributed by atoms with Crippen LogP contribution >= 0.6 is 12.2 Å². The van der Waals surface area contributed by atoms with Gasteiger partial charge in [0.15, 0.2) is 5.11 Å². The molecule has 1 heterocycles. The van der Waals surface area contributed by atoms with Crippen LogP contribution in [0.5, 0.6) is 5.75 Å². The number of anilines is 1. The molecule has 1 aliphatic heterocycles. The van der Waals surface area contributed by atoms with Crippen molar-refractivity contribution in [1.29, 1.82) is 0 Å². The molecule has 0 aromatic heterocycles. The summed E-state index contributed by atoms with van der Waals surface area (Å²) >= 11 is 5.50. The predicted molar refractivity (Wildman–Crippen MR) is 111 cm³/mol. The lowest BCUT2D eigenvalue weighted by Gasteiger charge is -2.26. The molecule has 0 radical (unpaired) electrons. The molecule has 2 aromatic carbocycles. The summed E-state index contributed by atoms with van der Waals surface area (Å²) in [6.07, 6.45) is 2.60. The summed E-state index contributed by atoms with van der Waals surface area (Å²) in [6.45, 7) is 5.34. The first-order chi connectivity index (χ1) is 12.7. The fraction of sp³-hybridized carbons (Fsp3) is 0.381. The van der Waals surface area contributed by atoms with Crippen LogP contribution in [0.15, 0.2) is 48.5 Å². The van der Waals surface area contributed by atoms with Crippen LogP contribution in [0.25, 0.3) is 0 Å². The fourth-order valence-electron chi connectivity index (χ4n) is 3.52. The standard InChI is InChI=1S/C21H27N3OS/c1-16-5-9-18(10-6-16)23-21(26)22-15-20(24-13-3-4-14-24)17-7-11-19(25-2)12-8-17/h5-12,20H,3-4,13-15H2,1-2H3,(H2,22,23,26)/p+1/t20-/m1/s1. The predicted octanol–water partition coefficient (Wildman–Crippen LogP) is 2.71. The van der Waals surface area contributed by atoms with Gasteiger partial charge in [-0.25, -0.2) is 0 Å². The average molecular weight is 371 g/mol. The Kier molecular flexibility index (Phi) is 6.47. The summed E-state index contributed by atoms with van der Waals surface area (Å²) in [4.78, 5) is 1.63. The summed E-state index contributed by atoms with van der Waals surface area (Å²) < 4.78 is 5.29. The molecule has 1 saturated heterocycles. The molecule has 0 unspecified atom stereocenters. The zero-order valence-corrected chi connectivity index (χ0v) is 16.4. The number of hydrogen-bond acceptors (Lipinski definition) is 2. The van der Waals surface area contributed by atoms with E-state index < -0.39 is 0 Å². The van der Waals surface area contributed by atoms with Gasteiger partial charge in [0.1, 0.15) is 11.8 Å². The molecule has 0 amide bonds. The minimum Gasteiger partial charge on any atom is -0.497 e. The van der Waals surface area contributed by atoms with Crippen LogP contribution in [-0.4, -0.2) is 31.9 Å². The number of rotatable bonds is 6. The van der Waals surface area contributed by atoms with Gasteiger partial charge >= 0.3 is 0 Å². The smallest absolute Gasteiger partial charge is 0.171 e. The van der Waals surface area contributed by atoms with E-state index in [2.05, 4.69) is 54.0 Å². The molecule has 1 fully saturated rings. The van der Waals surface area contributed by atoms with Crippen LogP contribution in [0.1, 0.15) is 30.0 Å². The Morgan fingerprint density at radius 1 is 1.08 bits per heavy atom. The van der Waals surface area contributed by atoms with Crippen LogP contribution in [0.4, 0.5) is 5.69 Å². The van der Waals surface area contributed by atoms with E-state index in [9.17, 15) is 0 Å². The molecule has 1 atom stereocenters. The van der Waals surface area contributed by atoms with E-state index in [0.717, 1.165) is 18.0 Å². The molecule has 0 aliphatic carbocycles. The normalized spacial score (nSPS) is 15.5. The lowest BCUT2D eigenvalue weighted by Crippen LogP contribution is -3.11. The zero-order valence-electron chi connectivity index (χ0n) is 15.5. The monoisotopic (exact) mass is 370 g/mol. The Labute approximate surface area is 161 Å². The summed E-state index contributed by atoms with van der Waals surface area (Å²) in [5, 5.41) is 7.37. The fourth-order valence-corrected chi connectivity index (χ4v) is 3.72. The second-order valence-electron chi connectivity index (χ2n) is 6.89. The highest BCUT2D eigenvalue weighted by atomic mass is 32.1. The number of nitrogens with one attached hydrogen (secondary N) is 3. The second-order valence-corrected chi connectivity index (χ2v) is 7.30. The van der Waals surface area contributed by atoms with Crippen molar-refractivity contribution in [3.8, 4) is 5.75 Å². The maximum Gasteiger partial charge on any atom is 0.171 e. The van der Waals surface area contributed by atoms with Gasteiger partial charge in [0.25, 0.3) is 0 Å². The van der Waals surface area contributed by atoms with Crippen molar-refractivity contribution in [3.63, 3.8) is 0 Å². The first kappa shape index (κ1) is 18.7. The van der Waals surface area contributed by atoms with E-state index in [1.54, 1.807) is 12.0 Å². The minimum absolute atomic E-state index is 0.390. The minimum atomic E-state index is 0.390. The van der Waals surface area contributed by atoms with E-state index in [1.165, 1.54) is 37.1 Å². The Bertz CT molecular complexity index is 709. The highest BCUT2D eigenvalue weighted by Crippen LogP contribution is 2.16. The van der Waals surface area contributed by atoms with Gasteiger partial charge < -0.3 is 20.3 Å². The van der Waals surface area contributed by atoms with Crippen molar-refractivity contribution >= 4 is 23.0 Å². The molecule has 138 valence electrons. The van der Waals surface area contributed by atoms with Crippen LogP contribution in [0, 0.1) is 6.92 Å². The Morgan fingerprint density at radius 3 is 2.35 bits per heavy atom. The van der Waals surface area contributed by atoms with E-state index in [-0.39, 0.29) is 0 Å². The Morgan fingerprint density at radius 2 is 1.73 bits per heavy atom. The van der Waals surface area contributed by atoms with E-state index in [1.807, 2.05) is 12.1 Å². The molecule has 5 heteroatoms. The lowest BCUT2D eigenvalue weighted by atomic mass is 10.1. The summed E-state index contributed by atoms with van der Waals surface area (Å²) in [7, 11) is 1.70. The van der Waals surface area contributed by atoms with E-state index >= 15 is 0 Å². The number of benzene rings is 2. The number of ether oxygens (including phenoxy) is 1. The van der Waals surface area contributed by atoms with Crippen molar-refractivity contribution in [2.75, 3.05) is 32.1 Å². The third kappa shape index (κ3) is 4.96. The second kappa shape index (κ2) is 9.01. The van der Waals surface area contributed by atoms with Gasteiger partial charge in [-0.05, 0) is 55.5 Å². The van der Waals surface area contributed by atoms with Crippen LogP contribution in [0.2, 0.25) is 0 Å². The quantitative estimate of drug-likeness (QED) is 0.684. The SMILES string of the molecule is COc1ccc([C@@H](CNC(=S)Nc2ccc(C)cc2)[NH+]2CCCC2)cc1. The van der Waals surface area contributed by atoms with Crippen molar-refractivity contribution in [2.24, 2.45) is 0 Å². The van der Waals surface area contributed by atoms with Gasteiger partial charge in [0.2, 0.25) is 0 Å². The molecule has 3 rings (SSSR count). The molecule has 26 heavy (non-hydrogen) atoms. The third-order valence-corrected chi connectivity index (χ3v) is 5.28. The maximum atomic E-state index is 5.50. The summed E-state index contributed by atoms with van der Waals surface area (Å²) in [6, 6.07) is 17.1. The van der Waals surface area contributed by atoms with Gasteiger partial charge in [-0.2, -0.15) is 0 Å². The molecule has 2 aromatic rings. The number of methoxy groups -OCH3 is 1. The largest absolute Gasteiger partial charge is 0.497 e. The van der Waals surface area contributed by atoms with Crippen molar-refractivity contribution in [3.05, 3.63) is 59.7 Å². The Hall–Kier alpha value is -2.11. The zero-order chi connectivity index (χ0) is 18.4. The van der Waals surface area contributed by atoms with Gasteiger partial charge in [0.05, 0.1) is 26.7 Å². The number of aryl methyl sites for hydroxylation is 1. The molecular formula is C21H28N3OS+. The van der Waals surface area contributed by atoms with Gasteiger partial charge in [-0.1, -0.05) is 17.7 Å². The molecule has 0 spiro atoms. The van der Waals surface area contributed by atoms with Crippen LogP contribution < -0.4 is 20.3 Å². The van der Waals surface area contributed by atoms with Crippen LogP contribution in [0.3, 0.4) is 0 Å². The highest BCUT2D eigenvalue weighted by molar-refractivity contribution is 7.80.